The Morgan fingerprint density at radius 1 is 1.59 bits per heavy atom. The summed E-state index contributed by atoms with van der Waals surface area (Å²) in [5.41, 5.74) is 0. The van der Waals surface area contributed by atoms with Gasteiger partial charge in [0.25, 0.3) is 5.91 Å². The second-order valence-corrected chi connectivity index (χ2v) is 4.15. The highest BCUT2D eigenvalue weighted by Gasteiger charge is 2.07. The average Bonchev–Trinajstić information content (AvgIpc) is 2.30. The molecule has 0 aliphatic heterocycles. The van der Waals surface area contributed by atoms with Crippen molar-refractivity contribution in [1.82, 2.24) is 5.32 Å². The molecule has 1 aromatic carbocycles. The smallest absolute Gasteiger partial charge is 0.258 e. The Morgan fingerprint density at radius 3 is 2.88 bits per heavy atom. The SMILES string of the molecule is CC[C@@H](C)NC(=O)COc1ccc(F)c(Cl)c1. The number of amides is 1. The van der Waals surface area contributed by atoms with Gasteiger partial charge < -0.3 is 10.1 Å². The fraction of sp³-hybridized carbons (Fsp3) is 0.417. The number of halogens is 2. The Morgan fingerprint density at radius 2 is 2.29 bits per heavy atom. The molecule has 0 aromatic heterocycles. The third kappa shape index (κ3) is 4.61. The summed E-state index contributed by atoms with van der Waals surface area (Å²) in [6.07, 6.45) is 0.855. The summed E-state index contributed by atoms with van der Waals surface area (Å²) in [6, 6.07) is 4.08. The van der Waals surface area contributed by atoms with Crippen molar-refractivity contribution in [3.8, 4) is 5.75 Å². The first-order valence-electron chi connectivity index (χ1n) is 5.40. The fourth-order valence-corrected chi connectivity index (χ4v) is 1.30. The number of nitrogens with one attached hydrogen (secondary N) is 1. The first-order chi connectivity index (χ1) is 8.02. The third-order valence-corrected chi connectivity index (χ3v) is 2.57. The van der Waals surface area contributed by atoms with E-state index in [1.54, 1.807) is 0 Å². The first kappa shape index (κ1) is 13.8. The molecular weight excluding hydrogens is 245 g/mol. The van der Waals surface area contributed by atoms with E-state index in [2.05, 4.69) is 5.32 Å². The van der Waals surface area contributed by atoms with Crippen LogP contribution in [-0.2, 0) is 4.79 Å². The van der Waals surface area contributed by atoms with Crippen molar-refractivity contribution in [3.63, 3.8) is 0 Å². The van der Waals surface area contributed by atoms with Crippen LogP contribution in [0.25, 0.3) is 0 Å². The van der Waals surface area contributed by atoms with E-state index in [1.807, 2.05) is 13.8 Å². The molecule has 0 aliphatic carbocycles. The summed E-state index contributed by atoms with van der Waals surface area (Å²) < 4.78 is 18.0. The number of ether oxygens (including phenoxy) is 1. The molecule has 1 rings (SSSR count). The Labute approximate surface area is 105 Å². The van der Waals surface area contributed by atoms with Gasteiger partial charge in [-0.25, -0.2) is 4.39 Å². The summed E-state index contributed by atoms with van der Waals surface area (Å²) in [6.45, 7) is 3.78. The van der Waals surface area contributed by atoms with Gasteiger partial charge in [-0.2, -0.15) is 0 Å². The molecule has 0 bridgehead atoms. The van der Waals surface area contributed by atoms with Crippen LogP contribution < -0.4 is 10.1 Å². The van der Waals surface area contributed by atoms with Crippen molar-refractivity contribution in [2.75, 3.05) is 6.61 Å². The minimum absolute atomic E-state index is 0.0233. The van der Waals surface area contributed by atoms with Gasteiger partial charge in [-0.1, -0.05) is 18.5 Å². The van der Waals surface area contributed by atoms with Crippen molar-refractivity contribution in [1.29, 1.82) is 0 Å². The van der Waals surface area contributed by atoms with Crippen LogP contribution in [0.4, 0.5) is 4.39 Å². The monoisotopic (exact) mass is 259 g/mol. The van der Waals surface area contributed by atoms with Crippen molar-refractivity contribution >= 4 is 17.5 Å². The normalized spacial score (nSPS) is 12.0. The zero-order chi connectivity index (χ0) is 12.8. The molecule has 94 valence electrons. The maximum absolute atomic E-state index is 12.8. The molecule has 0 radical (unpaired) electrons. The lowest BCUT2D eigenvalue weighted by atomic mass is 10.2. The standard InChI is InChI=1S/C12H15ClFNO2/c1-3-8(2)15-12(16)7-17-9-4-5-11(14)10(13)6-9/h4-6,8H,3,7H2,1-2H3,(H,15,16)/t8-/m1/s1. The molecule has 3 nitrogen and oxygen atoms in total. The quantitative estimate of drug-likeness (QED) is 0.883. The van der Waals surface area contributed by atoms with Gasteiger partial charge in [0.15, 0.2) is 6.61 Å². The van der Waals surface area contributed by atoms with E-state index in [0.717, 1.165) is 6.42 Å². The Balaban J connectivity index is 2.45. The second-order valence-electron chi connectivity index (χ2n) is 3.74. The second kappa shape index (κ2) is 6.45. The van der Waals surface area contributed by atoms with Gasteiger partial charge in [-0.05, 0) is 25.5 Å². The zero-order valence-electron chi connectivity index (χ0n) is 9.80. The average molecular weight is 260 g/mol. The summed E-state index contributed by atoms with van der Waals surface area (Å²) >= 11 is 5.58. The molecule has 1 aromatic rings. The Hall–Kier alpha value is -1.29. The van der Waals surface area contributed by atoms with Gasteiger partial charge >= 0.3 is 0 Å². The number of hydrogen-bond donors (Lipinski definition) is 1. The van der Waals surface area contributed by atoms with Crippen LogP contribution in [0.15, 0.2) is 18.2 Å². The molecule has 0 fully saturated rings. The molecule has 0 saturated heterocycles. The number of rotatable bonds is 5. The molecule has 0 aliphatic rings. The molecule has 0 unspecified atom stereocenters. The van der Waals surface area contributed by atoms with E-state index < -0.39 is 5.82 Å². The minimum atomic E-state index is -0.511. The lowest BCUT2D eigenvalue weighted by Crippen LogP contribution is -2.35. The van der Waals surface area contributed by atoms with Crippen LogP contribution in [0.5, 0.6) is 5.75 Å². The van der Waals surface area contributed by atoms with E-state index in [4.69, 9.17) is 16.3 Å². The minimum Gasteiger partial charge on any atom is -0.484 e. The lowest BCUT2D eigenvalue weighted by molar-refractivity contribution is -0.123. The van der Waals surface area contributed by atoms with Crippen LogP contribution in [0, 0.1) is 5.82 Å². The summed E-state index contributed by atoms with van der Waals surface area (Å²) in [5, 5.41) is 2.73. The van der Waals surface area contributed by atoms with Gasteiger partial charge in [0.1, 0.15) is 11.6 Å². The van der Waals surface area contributed by atoms with E-state index in [9.17, 15) is 9.18 Å². The predicted octanol–water partition coefficient (Wildman–Crippen LogP) is 2.77. The van der Waals surface area contributed by atoms with Crippen molar-refractivity contribution in [3.05, 3.63) is 29.0 Å². The zero-order valence-corrected chi connectivity index (χ0v) is 10.6. The number of carbonyl (C=O) groups excluding carboxylic acids is 1. The van der Waals surface area contributed by atoms with Crippen molar-refractivity contribution < 1.29 is 13.9 Å². The molecular formula is C12H15ClFNO2. The van der Waals surface area contributed by atoms with Crippen LogP contribution in [0.1, 0.15) is 20.3 Å². The van der Waals surface area contributed by atoms with Gasteiger partial charge in [0.05, 0.1) is 5.02 Å². The fourth-order valence-electron chi connectivity index (χ4n) is 1.13. The largest absolute Gasteiger partial charge is 0.484 e. The van der Waals surface area contributed by atoms with Gasteiger partial charge in [-0.3, -0.25) is 4.79 Å². The van der Waals surface area contributed by atoms with Crippen molar-refractivity contribution in [2.24, 2.45) is 0 Å². The molecule has 17 heavy (non-hydrogen) atoms. The maximum atomic E-state index is 12.8. The van der Waals surface area contributed by atoms with Crippen LogP contribution >= 0.6 is 11.6 Å². The molecule has 0 saturated carbocycles. The molecule has 1 amide bonds. The molecule has 0 spiro atoms. The van der Waals surface area contributed by atoms with Gasteiger partial charge in [0, 0.05) is 12.1 Å². The summed E-state index contributed by atoms with van der Waals surface area (Å²) in [4.78, 5) is 11.4. The lowest BCUT2D eigenvalue weighted by Gasteiger charge is -2.12. The predicted molar refractivity (Wildman–Crippen MR) is 64.8 cm³/mol. The van der Waals surface area contributed by atoms with Gasteiger partial charge in [0.2, 0.25) is 0 Å². The molecule has 0 heterocycles. The van der Waals surface area contributed by atoms with E-state index in [0.29, 0.717) is 5.75 Å². The molecule has 5 heteroatoms. The van der Waals surface area contributed by atoms with E-state index >= 15 is 0 Å². The Kier molecular flexibility index (Phi) is 5.22. The number of hydrogen-bond acceptors (Lipinski definition) is 2. The summed E-state index contributed by atoms with van der Waals surface area (Å²) in [5.74, 6) is -0.349. The highest BCUT2D eigenvalue weighted by molar-refractivity contribution is 6.30. The summed E-state index contributed by atoms with van der Waals surface area (Å²) in [7, 11) is 0. The van der Waals surface area contributed by atoms with E-state index in [1.165, 1.54) is 18.2 Å². The maximum Gasteiger partial charge on any atom is 0.258 e. The van der Waals surface area contributed by atoms with Crippen LogP contribution in [0.2, 0.25) is 5.02 Å². The Bertz CT molecular complexity index is 398. The number of carbonyl (C=O) groups is 1. The van der Waals surface area contributed by atoms with Crippen LogP contribution in [-0.4, -0.2) is 18.6 Å². The van der Waals surface area contributed by atoms with Crippen molar-refractivity contribution in [2.45, 2.75) is 26.3 Å². The molecule has 1 atom stereocenters. The van der Waals surface area contributed by atoms with E-state index in [-0.39, 0.29) is 23.6 Å². The third-order valence-electron chi connectivity index (χ3n) is 2.28. The molecule has 1 N–H and O–H groups in total. The first-order valence-corrected chi connectivity index (χ1v) is 5.78. The number of benzene rings is 1. The highest BCUT2D eigenvalue weighted by Crippen LogP contribution is 2.20. The highest BCUT2D eigenvalue weighted by atomic mass is 35.5. The van der Waals surface area contributed by atoms with Gasteiger partial charge in [-0.15, -0.1) is 0 Å². The van der Waals surface area contributed by atoms with Crippen LogP contribution in [0.3, 0.4) is 0 Å². The topological polar surface area (TPSA) is 38.3 Å².